The molecule has 1 saturated heterocycles. The monoisotopic (exact) mass is 433 g/mol. The molecule has 0 saturated carbocycles. The molecule has 2 atom stereocenters. The van der Waals surface area contributed by atoms with Gasteiger partial charge >= 0.3 is 0 Å². The van der Waals surface area contributed by atoms with Crippen LogP contribution in [0.5, 0.6) is 0 Å². The molecule has 1 amide bonds. The highest BCUT2D eigenvalue weighted by atomic mass is 19.1. The first-order valence-electron chi connectivity index (χ1n) is 11.0. The third-order valence-electron chi connectivity index (χ3n) is 6.51. The van der Waals surface area contributed by atoms with Gasteiger partial charge in [-0.2, -0.15) is 0 Å². The molecule has 0 unspecified atom stereocenters. The maximum absolute atomic E-state index is 13.5. The standard InChI is InChI=1S/C26H25F2N3O/c27-20-8-10-22(11-9-20)30-12-13-31-24-7-2-1-5-19(24)15-23(25(31)17-30)26(32)29-16-18-4-3-6-21(28)14-18/h1-11,14,23,25H,12-13,15-17H2,(H,29,32)/t23-,25+/m1/s1. The summed E-state index contributed by atoms with van der Waals surface area (Å²) in [5.41, 5.74) is 4.06. The van der Waals surface area contributed by atoms with Gasteiger partial charge in [-0.25, -0.2) is 8.78 Å². The van der Waals surface area contributed by atoms with E-state index in [1.807, 2.05) is 18.2 Å². The van der Waals surface area contributed by atoms with Gasteiger partial charge in [-0.05, 0) is 60.0 Å². The van der Waals surface area contributed by atoms with Gasteiger partial charge in [0.2, 0.25) is 5.91 Å². The number of nitrogens with zero attached hydrogens (tertiary/aromatic N) is 2. The second kappa shape index (κ2) is 8.61. The van der Waals surface area contributed by atoms with E-state index >= 15 is 0 Å². The van der Waals surface area contributed by atoms with Crippen molar-refractivity contribution in [3.63, 3.8) is 0 Å². The van der Waals surface area contributed by atoms with Crippen LogP contribution >= 0.6 is 0 Å². The highest BCUT2D eigenvalue weighted by molar-refractivity contribution is 5.82. The summed E-state index contributed by atoms with van der Waals surface area (Å²) < 4.78 is 26.9. The lowest BCUT2D eigenvalue weighted by molar-refractivity contribution is -0.126. The largest absolute Gasteiger partial charge is 0.368 e. The zero-order valence-electron chi connectivity index (χ0n) is 17.7. The minimum Gasteiger partial charge on any atom is -0.368 e. The minimum absolute atomic E-state index is 0.00351. The molecule has 32 heavy (non-hydrogen) atoms. The average molecular weight is 434 g/mol. The number of carbonyl (C=O) groups is 1. The van der Waals surface area contributed by atoms with Crippen molar-refractivity contribution in [1.82, 2.24) is 5.32 Å². The van der Waals surface area contributed by atoms with Gasteiger partial charge in [0.1, 0.15) is 11.6 Å². The molecule has 6 heteroatoms. The zero-order valence-corrected chi connectivity index (χ0v) is 17.7. The average Bonchev–Trinajstić information content (AvgIpc) is 2.82. The molecule has 4 nitrogen and oxygen atoms in total. The number of hydrogen-bond donors (Lipinski definition) is 1. The van der Waals surface area contributed by atoms with Crippen LogP contribution in [0, 0.1) is 17.6 Å². The number of fused-ring (bicyclic) bond motifs is 3. The molecule has 1 N–H and O–H groups in total. The molecule has 0 bridgehead atoms. The summed E-state index contributed by atoms with van der Waals surface area (Å²) >= 11 is 0. The van der Waals surface area contributed by atoms with Crippen molar-refractivity contribution in [3.8, 4) is 0 Å². The van der Waals surface area contributed by atoms with Crippen molar-refractivity contribution in [2.24, 2.45) is 5.92 Å². The van der Waals surface area contributed by atoms with E-state index in [1.54, 1.807) is 18.2 Å². The van der Waals surface area contributed by atoms with Crippen LogP contribution in [-0.2, 0) is 17.8 Å². The van der Waals surface area contributed by atoms with Crippen LogP contribution in [0.4, 0.5) is 20.2 Å². The van der Waals surface area contributed by atoms with Crippen molar-refractivity contribution in [1.29, 1.82) is 0 Å². The minimum atomic E-state index is -0.309. The quantitative estimate of drug-likeness (QED) is 0.672. The zero-order chi connectivity index (χ0) is 22.1. The summed E-state index contributed by atoms with van der Waals surface area (Å²) in [5, 5.41) is 3.02. The van der Waals surface area contributed by atoms with Gasteiger partial charge in [0.15, 0.2) is 0 Å². The first kappa shape index (κ1) is 20.5. The molecule has 0 spiro atoms. The molecule has 164 valence electrons. The number of halogens is 2. The fourth-order valence-electron chi connectivity index (χ4n) is 4.91. The number of amides is 1. The summed E-state index contributed by atoms with van der Waals surface area (Å²) in [6, 6.07) is 21.1. The Balaban J connectivity index is 1.38. The predicted molar refractivity (Wildman–Crippen MR) is 122 cm³/mol. The molecular weight excluding hydrogens is 408 g/mol. The Morgan fingerprint density at radius 2 is 1.75 bits per heavy atom. The third-order valence-corrected chi connectivity index (χ3v) is 6.51. The van der Waals surface area contributed by atoms with E-state index in [9.17, 15) is 13.6 Å². The fourth-order valence-corrected chi connectivity index (χ4v) is 4.91. The van der Waals surface area contributed by atoms with E-state index in [1.165, 1.54) is 35.5 Å². The Kier molecular flexibility index (Phi) is 5.52. The van der Waals surface area contributed by atoms with Gasteiger partial charge in [-0.1, -0.05) is 30.3 Å². The van der Waals surface area contributed by atoms with E-state index in [0.29, 0.717) is 19.5 Å². The van der Waals surface area contributed by atoms with Gasteiger partial charge in [0, 0.05) is 37.6 Å². The first-order valence-corrected chi connectivity index (χ1v) is 11.0. The normalized spacial score (nSPS) is 19.8. The van der Waals surface area contributed by atoms with E-state index < -0.39 is 0 Å². The van der Waals surface area contributed by atoms with Gasteiger partial charge in [-0.3, -0.25) is 4.79 Å². The van der Waals surface area contributed by atoms with Gasteiger partial charge < -0.3 is 15.1 Å². The van der Waals surface area contributed by atoms with Gasteiger partial charge in [0.25, 0.3) is 0 Å². The van der Waals surface area contributed by atoms with Gasteiger partial charge in [-0.15, -0.1) is 0 Å². The molecule has 1 fully saturated rings. The summed E-state index contributed by atoms with van der Waals surface area (Å²) in [6.45, 7) is 2.56. The summed E-state index contributed by atoms with van der Waals surface area (Å²) in [6.07, 6.45) is 0.656. The Morgan fingerprint density at radius 3 is 2.56 bits per heavy atom. The van der Waals surface area contributed by atoms with E-state index in [2.05, 4.69) is 27.2 Å². The van der Waals surface area contributed by atoms with Crippen LogP contribution in [0.25, 0.3) is 0 Å². The van der Waals surface area contributed by atoms with E-state index in [-0.39, 0.29) is 29.5 Å². The lowest BCUT2D eigenvalue weighted by atomic mass is 9.83. The second-order valence-electron chi connectivity index (χ2n) is 8.47. The maximum Gasteiger partial charge on any atom is 0.225 e. The van der Waals surface area contributed by atoms with Crippen molar-refractivity contribution in [2.45, 2.75) is 19.0 Å². The number of para-hydroxylation sites is 1. The van der Waals surface area contributed by atoms with Crippen LogP contribution in [0.15, 0.2) is 72.8 Å². The molecule has 0 radical (unpaired) electrons. The maximum atomic E-state index is 13.5. The molecule has 2 heterocycles. The van der Waals surface area contributed by atoms with Crippen LogP contribution in [-0.4, -0.2) is 31.6 Å². The number of benzene rings is 3. The van der Waals surface area contributed by atoms with Crippen LogP contribution < -0.4 is 15.1 Å². The molecule has 0 aromatic heterocycles. The number of piperazine rings is 1. The predicted octanol–water partition coefficient (Wildman–Crippen LogP) is 4.15. The molecule has 0 aliphatic carbocycles. The van der Waals surface area contributed by atoms with Crippen molar-refractivity contribution < 1.29 is 13.6 Å². The molecule has 2 aliphatic rings. The van der Waals surface area contributed by atoms with Crippen LogP contribution in [0.2, 0.25) is 0 Å². The SMILES string of the molecule is O=C(NCc1cccc(F)c1)[C@@H]1Cc2ccccc2N2CCN(c3ccc(F)cc3)C[C@@H]12. The lowest BCUT2D eigenvalue weighted by Crippen LogP contribution is -2.61. The Bertz CT molecular complexity index is 1120. The van der Waals surface area contributed by atoms with Gasteiger partial charge in [0.05, 0.1) is 12.0 Å². The molecule has 3 aromatic carbocycles. The lowest BCUT2D eigenvalue weighted by Gasteiger charge is -2.49. The number of carbonyl (C=O) groups excluding carboxylic acids is 1. The number of hydrogen-bond acceptors (Lipinski definition) is 3. The Morgan fingerprint density at radius 1 is 0.938 bits per heavy atom. The smallest absolute Gasteiger partial charge is 0.225 e. The topological polar surface area (TPSA) is 35.6 Å². The van der Waals surface area contributed by atoms with E-state index in [0.717, 1.165) is 24.3 Å². The van der Waals surface area contributed by atoms with Crippen molar-refractivity contribution >= 4 is 17.3 Å². The molecule has 3 aromatic rings. The molecule has 2 aliphatic heterocycles. The summed E-state index contributed by atoms with van der Waals surface area (Å²) in [4.78, 5) is 17.9. The van der Waals surface area contributed by atoms with E-state index in [4.69, 9.17) is 0 Å². The Labute approximate surface area is 186 Å². The first-order chi connectivity index (χ1) is 15.6. The van der Waals surface area contributed by atoms with Crippen molar-refractivity contribution in [3.05, 3.63) is 95.6 Å². The van der Waals surface area contributed by atoms with Crippen LogP contribution in [0.3, 0.4) is 0 Å². The van der Waals surface area contributed by atoms with Crippen molar-refractivity contribution in [2.75, 3.05) is 29.4 Å². The number of rotatable bonds is 4. The Hall–Kier alpha value is -3.41. The highest BCUT2D eigenvalue weighted by Crippen LogP contribution is 2.37. The second-order valence-corrected chi connectivity index (χ2v) is 8.47. The summed E-state index contributed by atoms with van der Waals surface area (Å²) in [5.74, 6) is -0.827. The molecular formula is C26H25F2N3O. The fraction of sp³-hybridized carbons (Fsp3) is 0.269. The third kappa shape index (κ3) is 4.05. The summed E-state index contributed by atoms with van der Waals surface area (Å²) in [7, 11) is 0. The highest BCUT2D eigenvalue weighted by Gasteiger charge is 2.41. The number of nitrogens with one attached hydrogen (secondary N) is 1. The molecule has 5 rings (SSSR count). The number of anilines is 2. The van der Waals surface area contributed by atoms with Crippen LogP contribution in [0.1, 0.15) is 11.1 Å².